The van der Waals surface area contributed by atoms with Crippen LogP contribution in [0.3, 0.4) is 0 Å². The summed E-state index contributed by atoms with van der Waals surface area (Å²) in [7, 11) is 2.18. The lowest BCUT2D eigenvalue weighted by Crippen LogP contribution is -2.49. The summed E-state index contributed by atoms with van der Waals surface area (Å²) in [5.74, 6) is 1.06. The van der Waals surface area contributed by atoms with Crippen LogP contribution in [0.15, 0.2) is 29.4 Å². The molecule has 25 heavy (non-hydrogen) atoms. The molecule has 2 aromatic rings. The van der Waals surface area contributed by atoms with Gasteiger partial charge in [-0.1, -0.05) is 23.2 Å². The molecule has 2 aliphatic heterocycles. The Morgan fingerprint density at radius 2 is 2.00 bits per heavy atom. The minimum Gasteiger partial charge on any atom is -0.343 e. The molecule has 1 aromatic heterocycles. The van der Waals surface area contributed by atoms with Gasteiger partial charge in [0.25, 0.3) is 0 Å². The number of H-pyrrole nitrogens is 1. The SMILES string of the molecule is CN1CCC2(CC1)Cc1cc(Cl)c(Cl)cc1NC2=NCc1ccn[nH]1. The number of hydrogen-bond acceptors (Lipinski definition) is 3. The molecule has 0 aliphatic carbocycles. The standard InChI is InChI=1S/C18H21Cl2N5/c1-25-6-3-18(4-7-25)10-12-8-14(19)15(20)9-16(12)23-17(18)21-11-13-2-5-22-24-13/h2,5,8-9H,3-4,6-7,10-11H2,1H3,(H,21,23)(H,22,24). The van der Waals surface area contributed by atoms with Crippen molar-refractivity contribution in [1.82, 2.24) is 15.1 Å². The molecule has 3 heterocycles. The van der Waals surface area contributed by atoms with Crippen molar-refractivity contribution in [3.05, 3.63) is 45.7 Å². The number of fused-ring (bicyclic) bond motifs is 1. The number of aromatic nitrogens is 2. The van der Waals surface area contributed by atoms with Crippen LogP contribution in [0.25, 0.3) is 0 Å². The molecular weight excluding hydrogens is 357 g/mol. The molecule has 0 atom stereocenters. The molecule has 1 fully saturated rings. The van der Waals surface area contributed by atoms with Gasteiger partial charge in [-0.2, -0.15) is 5.10 Å². The Morgan fingerprint density at radius 1 is 1.24 bits per heavy atom. The molecule has 1 saturated heterocycles. The van der Waals surface area contributed by atoms with Crippen LogP contribution in [0.1, 0.15) is 24.1 Å². The van der Waals surface area contributed by atoms with Gasteiger partial charge in [-0.15, -0.1) is 0 Å². The quantitative estimate of drug-likeness (QED) is 0.831. The molecule has 2 N–H and O–H groups in total. The molecule has 1 aromatic carbocycles. The summed E-state index contributed by atoms with van der Waals surface area (Å²) in [5.41, 5.74) is 3.29. The van der Waals surface area contributed by atoms with Gasteiger partial charge in [0.1, 0.15) is 5.84 Å². The molecule has 132 valence electrons. The van der Waals surface area contributed by atoms with Crippen LogP contribution >= 0.6 is 23.2 Å². The highest BCUT2D eigenvalue weighted by Gasteiger charge is 2.42. The largest absolute Gasteiger partial charge is 0.343 e. The lowest BCUT2D eigenvalue weighted by Gasteiger charge is -2.45. The summed E-state index contributed by atoms with van der Waals surface area (Å²) in [4.78, 5) is 7.30. The van der Waals surface area contributed by atoms with Crippen molar-refractivity contribution in [1.29, 1.82) is 0 Å². The van der Waals surface area contributed by atoms with Gasteiger partial charge < -0.3 is 10.2 Å². The number of nitrogens with zero attached hydrogens (tertiary/aromatic N) is 3. The summed E-state index contributed by atoms with van der Waals surface area (Å²) in [6.45, 7) is 2.74. The first-order valence-corrected chi connectivity index (χ1v) is 9.28. The normalized spacial score (nSPS) is 21.3. The smallest absolute Gasteiger partial charge is 0.108 e. The molecule has 0 bridgehead atoms. The number of aromatic amines is 1. The summed E-state index contributed by atoms with van der Waals surface area (Å²) >= 11 is 12.5. The van der Waals surface area contributed by atoms with E-state index in [4.69, 9.17) is 28.2 Å². The average molecular weight is 378 g/mol. The van der Waals surface area contributed by atoms with E-state index in [-0.39, 0.29) is 5.41 Å². The summed E-state index contributed by atoms with van der Waals surface area (Å²) in [5, 5.41) is 11.7. The fraction of sp³-hybridized carbons (Fsp3) is 0.444. The number of aliphatic imine (C=N–C) groups is 1. The second-order valence-electron chi connectivity index (χ2n) is 7.06. The number of halogens is 2. The maximum Gasteiger partial charge on any atom is 0.108 e. The van der Waals surface area contributed by atoms with Crippen molar-refractivity contribution in [2.24, 2.45) is 10.4 Å². The highest BCUT2D eigenvalue weighted by Crippen LogP contribution is 2.44. The van der Waals surface area contributed by atoms with Crippen molar-refractivity contribution in [2.45, 2.75) is 25.8 Å². The van der Waals surface area contributed by atoms with Gasteiger partial charge >= 0.3 is 0 Å². The zero-order chi connectivity index (χ0) is 17.4. The van der Waals surface area contributed by atoms with Crippen LogP contribution in [0, 0.1) is 5.41 Å². The summed E-state index contributed by atoms with van der Waals surface area (Å²) in [6.07, 6.45) is 4.87. The number of rotatable bonds is 2. The predicted octanol–water partition coefficient (Wildman–Crippen LogP) is 4.00. The van der Waals surface area contributed by atoms with Crippen molar-refractivity contribution in [3.8, 4) is 0 Å². The maximum atomic E-state index is 6.25. The predicted molar refractivity (Wildman–Crippen MR) is 103 cm³/mol. The fourth-order valence-electron chi connectivity index (χ4n) is 3.76. The third kappa shape index (κ3) is 3.28. The second kappa shape index (κ2) is 6.63. The molecule has 2 aliphatic rings. The minimum atomic E-state index is 0.0384. The van der Waals surface area contributed by atoms with Crippen LogP contribution < -0.4 is 5.32 Å². The van der Waals surface area contributed by atoms with E-state index in [1.165, 1.54) is 5.56 Å². The third-order valence-corrected chi connectivity index (χ3v) is 6.06. The summed E-state index contributed by atoms with van der Waals surface area (Å²) in [6, 6.07) is 5.86. The Balaban J connectivity index is 1.70. The highest BCUT2D eigenvalue weighted by atomic mass is 35.5. The number of nitrogens with one attached hydrogen (secondary N) is 2. The van der Waals surface area contributed by atoms with Gasteiger partial charge in [0, 0.05) is 17.3 Å². The number of anilines is 1. The van der Waals surface area contributed by atoms with Crippen LogP contribution in [0.4, 0.5) is 5.69 Å². The van der Waals surface area contributed by atoms with Crippen LogP contribution in [-0.2, 0) is 13.0 Å². The molecule has 0 amide bonds. The Kier molecular flexibility index (Phi) is 4.48. The molecule has 1 spiro atoms. The lowest BCUT2D eigenvalue weighted by atomic mass is 9.70. The van der Waals surface area contributed by atoms with Crippen molar-refractivity contribution in [2.75, 3.05) is 25.5 Å². The molecule has 5 nitrogen and oxygen atoms in total. The maximum absolute atomic E-state index is 6.25. The zero-order valence-corrected chi connectivity index (χ0v) is 15.7. The Bertz CT molecular complexity index is 792. The van der Waals surface area contributed by atoms with E-state index in [1.54, 1.807) is 6.20 Å². The Labute approximate surface area is 157 Å². The number of piperidine rings is 1. The van der Waals surface area contributed by atoms with Gasteiger partial charge in [-0.05, 0) is 63.2 Å². The number of benzene rings is 1. The Hall–Kier alpha value is -1.56. The second-order valence-corrected chi connectivity index (χ2v) is 7.87. The zero-order valence-electron chi connectivity index (χ0n) is 14.1. The van der Waals surface area contributed by atoms with Gasteiger partial charge in [-0.25, -0.2) is 0 Å². The third-order valence-electron chi connectivity index (χ3n) is 5.34. The molecule has 7 heteroatoms. The van der Waals surface area contributed by atoms with E-state index >= 15 is 0 Å². The van der Waals surface area contributed by atoms with Gasteiger partial charge in [0.2, 0.25) is 0 Å². The lowest BCUT2D eigenvalue weighted by molar-refractivity contribution is 0.178. The first-order valence-electron chi connectivity index (χ1n) is 8.52. The van der Waals surface area contributed by atoms with E-state index in [0.717, 1.165) is 49.6 Å². The van der Waals surface area contributed by atoms with Crippen LogP contribution in [0.5, 0.6) is 0 Å². The minimum absolute atomic E-state index is 0.0384. The highest BCUT2D eigenvalue weighted by molar-refractivity contribution is 6.42. The van der Waals surface area contributed by atoms with Crippen LogP contribution in [-0.4, -0.2) is 41.1 Å². The molecule has 0 unspecified atom stereocenters. The monoisotopic (exact) mass is 377 g/mol. The van der Waals surface area contributed by atoms with Crippen molar-refractivity contribution < 1.29 is 0 Å². The summed E-state index contributed by atoms with van der Waals surface area (Å²) < 4.78 is 0. The molecular formula is C18H21Cl2N5. The number of likely N-dealkylation sites (tertiary alicyclic amines) is 1. The van der Waals surface area contributed by atoms with E-state index in [0.29, 0.717) is 16.6 Å². The van der Waals surface area contributed by atoms with Crippen LogP contribution in [0.2, 0.25) is 10.0 Å². The fourth-order valence-corrected chi connectivity index (χ4v) is 4.11. The van der Waals surface area contributed by atoms with Gasteiger partial charge in [0.15, 0.2) is 0 Å². The van der Waals surface area contributed by atoms with Gasteiger partial charge in [-0.3, -0.25) is 10.1 Å². The van der Waals surface area contributed by atoms with E-state index in [2.05, 4.69) is 27.5 Å². The molecule has 4 rings (SSSR count). The Morgan fingerprint density at radius 3 is 2.72 bits per heavy atom. The van der Waals surface area contributed by atoms with E-state index < -0.39 is 0 Å². The first-order chi connectivity index (χ1) is 12.1. The van der Waals surface area contributed by atoms with E-state index in [9.17, 15) is 0 Å². The average Bonchev–Trinajstić information content (AvgIpc) is 3.11. The number of hydrogen-bond donors (Lipinski definition) is 2. The molecule has 0 radical (unpaired) electrons. The number of amidine groups is 1. The molecule has 0 saturated carbocycles. The van der Waals surface area contributed by atoms with Crippen molar-refractivity contribution in [3.63, 3.8) is 0 Å². The van der Waals surface area contributed by atoms with Gasteiger partial charge in [0.05, 0.1) is 22.3 Å². The van der Waals surface area contributed by atoms with E-state index in [1.807, 2.05) is 18.2 Å². The first kappa shape index (κ1) is 16.9. The van der Waals surface area contributed by atoms with Crippen molar-refractivity contribution >= 4 is 34.7 Å². The topological polar surface area (TPSA) is 56.3 Å².